The average Bonchev–Trinajstić information content (AvgIpc) is 2.93. The zero-order valence-electron chi connectivity index (χ0n) is 15.8. The Kier molecular flexibility index (Phi) is 4.63. The standard InChI is InChI=1S/C22H23N3O3/c1-22(16-10-3-2-4-11-16)20(27)25(21(28)24-22)14-19(26)23-18-13-7-9-15-8-5-6-12-17(15)18/h2-6,8,10-12,18H,7,9,13-14H2,1H3,(H,23,26)(H,24,28). The van der Waals surface area contributed by atoms with Crippen molar-refractivity contribution in [1.29, 1.82) is 0 Å². The number of urea groups is 1. The van der Waals surface area contributed by atoms with Crippen molar-refractivity contribution < 1.29 is 14.4 Å². The zero-order chi connectivity index (χ0) is 19.7. The predicted molar refractivity (Wildman–Crippen MR) is 104 cm³/mol. The number of carbonyl (C=O) groups excluding carboxylic acids is 3. The highest BCUT2D eigenvalue weighted by Gasteiger charge is 2.49. The summed E-state index contributed by atoms with van der Waals surface area (Å²) in [7, 11) is 0. The zero-order valence-corrected chi connectivity index (χ0v) is 15.8. The first-order chi connectivity index (χ1) is 13.5. The summed E-state index contributed by atoms with van der Waals surface area (Å²) in [6, 6.07) is 16.5. The van der Waals surface area contributed by atoms with Crippen LogP contribution in [-0.2, 0) is 21.5 Å². The second-order valence-corrected chi connectivity index (χ2v) is 7.52. The molecule has 6 heteroatoms. The van der Waals surface area contributed by atoms with Gasteiger partial charge in [-0.25, -0.2) is 4.79 Å². The van der Waals surface area contributed by atoms with Crippen molar-refractivity contribution in [3.63, 3.8) is 0 Å². The molecule has 6 nitrogen and oxygen atoms in total. The molecule has 1 fully saturated rings. The normalized spacial score (nSPS) is 23.9. The van der Waals surface area contributed by atoms with Gasteiger partial charge in [-0.2, -0.15) is 0 Å². The van der Waals surface area contributed by atoms with Gasteiger partial charge in [-0.05, 0) is 42.9 Å². The number of nitrogens with one attached hydrogen (secondary N) is 2. The molecule has 4 rings (SSSR count). The van der Waals surface area contributed by atoms with Gasteiger partial charge in [0.15, 0.2) is 0 Å². The van der Waals surface area contributed by atoms with Gasteiger partial charge in [0.1, 0.15) is 12.1 Å². The number of nitrogens with zero attached hydrogens (tertiary/aromatic N) is 1. The van der Waals surface area contributed by atoms with Crippen molar-refractivity contribution in [2.75, 3.05) is 6.54 Å². The minimum Gasteiger partial charge on any atom is -0.348 e. The molecule has 0 saturated carbocycles. The summed E-state index contributed by atoms with van der Waals surface area (Å²) in [6.45, 7) is 1.38. The average molecular weight is 377 g/mol. The molecule has 2 aromatic rings. The second-order valence-electron chi connectivity index (χ2n) is 7.52. The van der Waals surface area contributed by atoms with E-state index < -0.39 is 17.5 Å². The molecular formula is C22H23N3O3. The maximum atomic E-state index is 12.9. The number of hydrogen-bond acceptors (Lipinski definition) is 3. The third-order valence-corrected chi connectivity index (χ3v) is 5.63. The summed E-state index contributed by atoms with van der Waals surface area (Å²) in [5.41, 5.74) is 1.90. The fraction of sp³-hybridized carbons (Fsp3) is 0.318. The summed E-state index contributed by atoms with van der Waals surface area (Å²) in [4.78, 5) is 39.0. The molecule has 2 aromatic carbocycles. The summed E-state index contributed by atoms with van der Waals surface area (Å²) in [6.07, 6.45) is 2.85. The van der Waals surface area contributed by atoms with Crippen LogP contribution in [0.2, 0.25) is 0 Å². The monoisotopic (exact) mass is 377 g/mol. The smallest absolute Gasteiger partial charge is 0.325 e. The fourth-order valence-electron chi connectivity index (χ4n) is 4.10. The highest BCUT2D eigenvalue weighted by atomic mass is 16.2. The molecule has 4 amide bonds. The minimum absolute atomic E-state index is 0.0845. The summed E-state index contributed by atoms with van der Waals surface area (Å²) in [5, 5.41) is 5.73. The molecule has 0 aromatic heterocycles. The number of fused-ring (bicyclic) bond motifs is 1. The Morgan fingerprint density at radius 2 is 1.86 bits per heavy atom. The van der Waals surface area contributed by atoms with Crippen molar-refractivity contribution in [3.8, 4) is 0 Å². The molecule has 0 bridgehead atoms. The number of hydrogen-bond donors (Lipinski definition) is 2. The lowest BCUT2D eigenvalue weighted by atomic mass is 9.88. The molecule has 1 aliphatic carbocycles. The molecule has 0 radical (unpaired) electrons. The van der Waals surface area contributed by atoms with E-state index in [1.165, 1.54) is 5.56 Å². The second kappa shape index (κ2) is 7.11. The van der Waals surface area contributed by atoms with Crippen molar-refractivity contribution in [3.05, 3.63) is 71.3 Å². The van der Waals surface area contributed by atoms with E-state index in [2.05, 4.69) is 16.7 Å². The van der Waals surface area contributed by atoms with Gasteiger partial charge in [-0.15, -0.1) is 0 Å². The van der Waals surface area contributed by atoms with Crippen LogP contribution in [0.1, 0.15) is 42.5 Å². The molecule has 2 aliphatic rings. The Balaban J connectivity index is 1.47. The van der Waals surface area contributed by atoms with Crippen LogP contribution in [0.3, 0.4) is 0 Å². The third kappa shape index (κ3) is 3.15. The number of imide groups is 1. The lowest BCUT2D eigenvalue weighted by Crippen LogP contribution is -2.44. The SMILES string of the molecule is CC1(c2ccccc2)NC(=O)N(CC(=O)NC2CCCc3ccccc32)C1=O. The van der Waals surface area contributed by atoms with E-state index in [9.17, 15) is 14.4 Å². The molecule has 0 spiro atoms. The number of aryl methyl sites for hydroxylation is 1. The van der Waals surface area contributed by atoms with Crippen LogP contribution in [0, 0.1) is 0 Å². The molecule has 1 saturated heterocycles. The Labute approximate surface area is 163 Å². The maximum Gasteiger partial charge on any atom is 0.325 e. The van der Waals surface area contributed by atoms with Crippen LogP contribution in [-0.4, -0.2) is 29.3 Å². The van der Waals surface area contributed by atoms with Gasteiger partial charge in [0, 0.05) is 0 Å². The van der Waals surface area contributed by atoms with Crippen LogP contribution >= 0.6 is 0 Å². The summed E-state index contributed by atoms with van der Waals surface area (Å²) in [5.74, 6) is -0.745. The minimum atomic E-state index is -1.16. The molecule has 2 N–H and O–H groups in total. The van der Waals surface area contributed by atoms with E-state index in [1.807, 2.05) is 36.4 Å². The van der Waals surface area contributed by atoms with E-state index in [0.29, 0.717) is 5.56 Å². The van der Waals surface area contributed by atoms with E-state index in [4.69, 9.17) is 0 Å². The predicted octanol–water partition coefficient (Wildman–Crippen LogP) is 2.65. The number of rotatable bonds is 4. The fourth-order valence-corrected chi connectivity index (χ4v) is 4.10. The van der Waals surface area contributed by atoms with Crippen molar-refractivity contribution in [1.82, 2.24) is 15.5 Å². The Bertz CT molecular complexity index is 928. The topological polar surface area (TPSA) is 78.5 Å². The highest BCUT2D eigenvalue weighted by molar-refractivity contribution is 6.09. The molecule has 1 aliphatic heterocycles. The maximum absolute atomic E-state index is 12.9. The van der Waals surface area contributed by atoms with Gasteiger partial charge in [0.25, 0.3) is 5.91 Å². The third-order valence-electron chi connectivity index (χ3n) is 5.63. The van der Waals surface area contributed by atoms with Crippen LogP contribution in [0.25, 0.3) is 0 Å². The van der Waals surface area contributed by atoms with Gasteiger partial charge in [-0.3, -0.25) is 14.5 Å². The molecule has 28 heavy (non-hydrogen) atoms. The molecule has 1 heterocycles. The van der Waals surface area contributed by atoms with E-state index in [0.717, 1.165) is 29.7 Å². The van der Waals surface area contributed by atoms with Gasteiger partial charge < -0.3 is 10.6 Å². The lowest BCUT2D eigenvalue weighted by Gasteiger charge is -2.27. The lowest BCUT2D eigenvalue weighted by molar-refractivity contribution is -0.135. The first kappa shape index (κ1) is 18.2. The quantitative estimate of drug-likeness (QED) is 0.804. The molecule has 144 valence electrons. The highest BCUT2D eigenvalue weighted by Crippen LogP contribution is 2.30. The number of benzene rings is 2. The van der Waals surface area contributed by atoms with Gasteiger partial charge >= 0.3 is 6.03 Å². The van der Waals surface area contributed by atoms with Crippen LogP contribution < -0.4 is 10.6 Å². The Hall–Kier alpha value is -3.15. The van der Waals surface area contributed by atoms with Crippen LogP contribution in [0.4, 0.5) is 4.79 Å². The van der Waals surface area contributed by atoms with Crippen molar-refractivity contribution in [2.24, 2.45) is 0 Å². The van der Waals surface area contributed by atoms with E-state index in [1.54, 1.807) is 19.1 Å². The summed E-state index contributed by atoms with van der Waals surface area (Å²) >= 11 is 0. The number of carbonyl (C=O) groups is 3. The van der Waals surface area contributed by atoms with Gasteiger partial charge in [0.2, 0.25) is 5.91 Å². The van der Waals surface area contributed by atoms with Crippen molar-refractivity contribution >= 4 is 17.8 Å². The number of amides is 4. The first-order valence-corrected chi connectivity index (χ1v) is 9.56. The Morgan fingerprint density at radius 3 is 2.64 bits per heavy atom. The van der Waals surface area contributed by atoms with E-state index in [-0.39, 0.29) is 18.5 Å². The van der Waals surface area contributed by atoms with E-state index >= 15 is 0 Å². The van der Waals surface area contributed by atoms with Crippen LogP contribution in [0.15, 0.2) is 54.6 Å². The molecule has 2 atom stereocenters. The van der Waals surface area contributed by atoms with Gasteiger partial charge in [0.05, 0.1) is 6.04 Å². The first-order valence-electron chi connectivity index (χ1n) is 9.56. The molecule has 2 unspecified atom stereocenters. The molecular weight excluding hydrogens is 354 g/mol. The van der Waals surface area contributed by atoms with Crippen LogP contribution in [0.5, 0.6) is 0 Å². The van der Waals surface area contributed by atoms with Gasteiger partial charge in [-0.1, -0.05) is 54.6 Å². The van der Waals surface area contributed by atoms with Crippen molar-refractivity contribution in [2.45, 2.75) is 37.8 Å². The Morgan fingerprint density at radius 1 is 1.14 bits per heavy atom. The summed E-state index contributed by atoms with van der Waals surface area (Å²) < 4.78 is 0. The largest absolute Gasteiger partial charge is 0.348 e.